The largest absolute Gasteiger partial charge is 0.337 e. The second-order valence-corrected chi connectivity index (χ2v) is 8.49. The maximum atomic E-state index is 13.2. The number of benzene rings is 2. The maximum absolute atomic E-state index is 13.2. The third kappa shape index (κ3) is 5.04. The molecule has 0 radical (unpaired) electrons. The number of carbonyl (C=O) groups is 1. The van der Waals surface area contributed by atoms with Crippen molar-refractivity contribution in [1.82, 2.24) is 15.0 Å². The number of unbranched alkanes of at least 4 members (excludes halogenated alkanes) is 3. The van der Waals surface area contributed by atoms with Crippen LogP contribution in [0, 0.1) is 6.92 Å². The molecule has 1 atom stereocenters. The van der Waals surface area contributed by atoms with Crippen LogP contribution in [0.25, 0.3) is 11.4 Å². The van der Waals surface area contributed by atoms with Gasteiger partial charge in [0.15, 0.2) is 0 Å². The summed E-state index contributed by atoms with van der Waals surface area (Å²) in [6.45, 7) is 4.98. The lowest BCUT2D eigenvalue weighted by Gasteiger charge is -2.22. The predicted molar refractivity (Wildman–Crippen MR) is 122 cm³/mol. The van der Waals surface area contributed by atoms with Crippen LogP contribution in [0.15, 0.2) is 53.1 Å². The number of likely N-dealkylation sites (tertiary alicyclic amines) is 1. The van der Waals surface area contributed by atoms with Gasteiger partial charge >= 0.3 is 0 Å². The van der Waals surface area contributed by atoms with Crippen molar-refractivity contribution in [2.75, 3.05) is 6.54 Å². The van der Waals surface area contributed by atoms with Gasteiger partial charge in [-0.3, -0.25) is 4.79 Å². The van der Waals surface area contributed by atoms with Crippen molar-refractivity contribution in [1.29, 1.82) is 0 Å². The van der Waals surface area contributed by atoms with Gasteiger partial charge in [0.2, 0.25) is 11.7 Å². The minimum absolute atomic E-state index is 0.0374. The van der Waals surface area contributed by atoms with Crippen molar-refractivity contribution in [2.24, 2.45) is 0 Å². The Balaban J connectivity index is 1.44. The van der Waals surface area contributed by atoms with Gasteiger partial charge in [0.05, 0.1) is 0 Å². The summed E-state index contributed by atoms with van der Waals surface area (Å²) in [5.74, 6) is 1.13. The summed E-state index contributed by atoms with van der Waals surface area (Å²) >= 11 is 0. The first-order valence-electron chi connectivity index (χ1n) is 11.5. The zero-order valence-corrected chi connectivity index (χ0v) is 18.5. The molecular formula is C26H31N3O2. The number of hydrogen-bond donors (Lipinski definition) is 0. The zero-order valence-electron chi connectivity index (χ0n) is 18.5. The maximum Gasteiger partial charge on any atom is 0.254 e. The molecule has 1 aromatic heterocycles. The molecule has 5 heteroatoms. The zero-order chi connectivity index (χ0) is 21.6. The second kappa shape index (κ2) is 9.90. The highest BCUT2D eigenvalue weighted by Gasteiger charge is 2.34. The molecule has 0 bridgehead atoms. The molecule has 31 heavy (non-hydrogen) atoms. The van der Waals surface area contributed by atoms with Crippen LogP contribution in [0.4, 0.5) is 0 Å². The van der Waals surface area contributed by atoms with Crippen molar-refractivity contribution in [3.05, 3.63) is 71.1 Å². The molecule has 2 heterocycles. The van der Waals surface area contributed by atoms with Crippen molar-refractivity contribution >= 4 is 5.91 Å². The van der Waals surface area contributed by atoms with Gasteiger partial charge in [0.1, 0.15) is 6.04 Å². The Hall–Kier alpha value is -2.95. The number of aromatic nitrogens is 2. The van der Waals surface area contributed by atoms with Crippen molar-refractivity contribution < 1.29 is 9.32 Å². The van der Waals surface area contributed by atoms with Gasteiger partial charge in [0.25, 0.3) is 5.91 Å². The molecule has 0 aliphatic carbocycles. The highest BCUT2D eigenvalue weighted by atomic mass is 16.5. The van der Waals surface area contributed by atoms with Gasteiger partial charge in [-0.05, 0) is 56.4 Å². The molecule has 0 N–H and O–H groups in total. The number of amides is 1. The van der Waals surface area contributed by atoms with Crippen LogP contribution in [0.1, 0.15) is 78.9 Å². The molecule has 5 nitrogen and oxygen atoms in total. The van der Waals surface area contributed by atoms with Crippen LogP contribution < -0.4 is 0 Å². The van der Waals surface area contributed by atoms with E-state index < -0.39 is 0 Å². The molecule has 1 amide bonds. The monoisotopic (exact) mass is 417 g/mol. The van der Waals surface area contributed by atoms with Gasteiger partial charge in [-0.1, -0.05) is 67.2 Å². The first-order chi connectivity index (χ1) is 15.2. The van der Waals surface area contributed by atoms with Crippen LogP contribution in [0.5, 0.6) is 0 Å². The molecule has 162 valence electrons. The molecule has 3 aromatic rings. The van der Waals surface area contributed by atoms with Gasteiger partial charge in [-0.2, -0.15) is 4.98 Å². The number of rotatable bonds is 8. The first kappa shape index (κ1) is 21.3. The topological polar surface area (TPSA) is 59.2 Å². The first-order valence-corrected chi connectivity index (χ1v) is 11.5. The number of nitrogens with zero attached hydrogens (tertiary/aromatic N) is 3. The molecular weight excluding hydrogens is 386 g/mol. The minimum atomic E-state index is -0.160. The fourth-order valence-corrected chi connectivity index (χ4v) is 4.27. The Morgan fingerprint density at radius 2 is 1.97 bits per heavy atom. The van der Waals surface area contributed by atoms with Crippen molar-refractivity contribution in [3.8, 4) is 11.4 Å². The highest BCUT2D eigenvalue weighted by molar-refractivity contribution is 5.94. The Morgan fingerprint density at radius 1 is 1.13 bits per heavy atom. The van der Waals surface area contributed by atoms with E-state index in [1.54, 1.807) is 0 Å². The van der Waals surface area contributed by atoms with E-state index in [2.05, 4.69) is 29.2 Å². The van der Waals surface area contributed by atoms with Gasteiger partial charge < -0.3 is 9.42 Å². The van der Waals surface area contributed by atoms with Crippen molar-refractivity contribution in [3.63, 3.8) is 0 Å². The highest BCUT2D eigenvalue weighted by Crippen LogP contribution is 2.33. The number of carbonyl (C=O) groups excluding carboxylic acids is 1. The quantitative estimate of drug-likeness (QED) is 0.413. The Bertz CT molecular complexity index is 1010. The normalized spacial score (nSPS) is 16.1. The fourth-order valence-electron chi connectivity index (χ4n) is 4.27. The van der Waals surface area contributed by atoms with E-state index in [1.807, 2.05) is 48.2 Å². The summed E-state index contributed by atoms with van der Waals surface area (Å²) in [5.41, 5.74) is 4.10. The van der Waals surface area contributed by atoms with E-state index in [9.17, 15) is 4.79 Å². The molecule has 0 spiro atoms. The second-order valence-electron chi connectivity index (χ2n) is 8.49. The van der Waals surface area contributed by atoms with Crippen LogP contribution in [0.3, 0.4) is 0 Å². The van der Waals surface area contributed by atoms with Crippen LogP contribution in [-0.2, 0) is 6.42 Å². The van der Waals surface area contributed by atoms with Gasteiger partial charge in [-0.15, -0.1) is 0 Å². The SMILES string of the molecule is CCCCCCc1ccc(C(=O)N2CCC[C@H]2c2nc(-c3cccc(C)c3)no2)cc1. The smallest absolute Gasteiger partial charge is 0.254 e. The summed E-state index contributed by atoms with van der Waals surface area (Å²) in [6, 6.07) is 16.0. The lowest BCUT2D eigenvalue weighted by atomic mass is 10.0. The van der Waals surface area contributed by atoms with E-state index in [-0.39, 0.29) is 11.9 Å². The summed E-state index contributed by atoms with van der Waals surface area (Å²) in [5, 5.41) is 4.17. The molecule has 0 unspecified atom stereocenters. The average Bonchev–Trinajstić information content (AvgIpc) is 3.46. The lowest BCUT2D eigenvalue weighted by Crippen LogP contribution is -2.30. The van der Waals surface area contributed by atoms with E-state index in [4.69, 9.17) is 4.52 Å². The van der Waals surface area contributed by atoms with Crippen LogP contribution in [-0.4, -0.2) is 27.5 Å². The molecule has 1 aliphatic rings. The van der Waals surface area contributed by atoms with Crippen LogP contribution in [0.2, 0.25) is 0 Å². The molecule has 1 aliphatic heterocycles. The van der Waals surface area contributed by atoms with Gasteiger partial charge in [-0.25, -0.2) is 0 Å². The molecule has 0 saturated carbocycles. The Labute approximate surface area is 184 Å². The molecule has 4 rings (SSSR count). The summed E-state index contributed by atoms with van der Waals surface area (Å²) in [6.07, 6.45) is 7.86. The third-order valence-corrected chi connectivity index (χ3v) is 6.04. The van der Waals surface area contributed by atoms with Crippen molar-refractivity contribution in [2.45, 2.75) is 64.8 Å². The summed E-state index contributed by atoms with van der Waals surface area (Å²) in [7, 11) is 0. The average molecular weight is 418 g/mol. The predicted octanol–water partition coefficient (Wildman–Crippen LogP) is 6.15. The van der Waals surface area contributed by atoms with Crippen LogP contribution >= 0.6 is 0 Å². The summed E-state index contributed by atoms with van der Waals surface area (Å²) < 4.78 is 5.59. The Kier molecular flexibility index (Phi) is 6.80. The number of aryl methyl sites for hydroxylation is 2. The van der Waals surface area contributed by atoms with E-state index >= 15 is 0 Å². The van der Waals surface area contributed by atoms with Gasteiger partial charge in [0, 0.05) is 17.7 Å². The molecule has 1 saturated heterocycles. The molecule has 2 aromatic carbocycles. The van der Waals surface area contributed by atoms with E-state index in [0.717, 1.165) is 36.0 Å². The Morgan fingerprint density at radius 3 is 2.74 bits per heavy atom. The summed E-state index contributed by atoms with van der Waals surface area (Å²) in [4.78, 5) is 19.7. The standard InChI is InChI=1S/C26H31N3O2/c1-3-4-5-6-10-20-13-15-21(16-14-20)26(30)29-17-8-12-23(29)25-27-24(28-31-25)22-11-7-9-19(2)18-22/h7,9,11,13-16,18,23H,3-6,8,10,12,17H2,1-2H3/t23-/m0/s1. The van der Waals surface area contributed by atoms with E-state index in [1.165, 1.54) is 31.2 Å². The molecule has 1 fully saturated rings. The number of hydrogen-bond acceptors (Lipinski definition) is 4. The van der Waals surface area contributed by atoms with E-state index in [0.29, 0.717) is 18.3 Å². The lowest BCUT2D eigenvalue weighted by molar-refractivity contribution is 0.0710. The minimum Gasteiger partial charge on any atom is -0.337 e. The third-order valence-electron chi connectivity index (χ3n) is 6.04. The fraction of sp³-hybridized carbons (Fsp3) is 0.423.